The number of piperazine rings is 1. The lowest BCUT2D eigenvalue weighted by molar-refractivity contribution is -0.0716. The van der Waals surface area contributed by atoms with E-state index in [9.17, 15) is 8.42 Å². The van der Waals surface area contributed by atoms with Crippen molar-refractivity contribution in [2.45, 2.75) is 57.1 Å². The van der Waals surface area contributed by atoms with Gasteiger partial charge >= 0.3 is 0 Å². The second-order valence-electron chi connectivity index (χ2n) is 6.67. The Morgan fingerprint density at radius 2 is 2.04 bits per heavy atom. The lowest BCUT2D eigenvalue weighted by Crippen LogP contribution is -2.62. The molecule has 0 saturated carbocycles. The number of ether oxygens (including phenoxy) is 1. The van der Waals surface area contributed by atoms with Crippen LogP contribution in [0.15, 0.2) is 11.1 Å². The molecule has 1 aromatic rings. The van der Waals surface area contributed by atoms with E-state index < -0.39 is 10.0 Å². The van der Waals surface area contributed by atoms with Crippen molar-refractivity contribution in [2.75, 3.05) is 32.8 Å². The highest BCUT2D eigenvalue weighted by atomic mass is 35.5. The molecule has 2 aliphatic heterocycles. The number of fused-ring (bicyclic) bond motifs is 1. The molecule has 0 bridgehead atoms. The van der Waals surface area contributed by atoms with Crippen LogP contribution in [0.2, 0.25) is 0 Å². The Hall–Kier alpha value is -0.670. The van der Waals surface area contributed by atoms with E-state index in [4.69, 9.17) is 4.74 Å². The van der Waals surface area contributed by atoms with Gasteiger partial charge in [0.1, 0.15) is 4.90 Å². The number of aryl methyl sites for hydroxylation is 2. The van der Waals surface area contributed by atoms with E-state index >= 15 is 0 Å². The van der Waals surface area contributed by atoms with Crippen LogP contribution in [-0.2, 0) is 21.3 Å². The molecule has 144 valence electrons. The number of halogens is 1. The van der Waals surface area contributed by atoms with E-state index in [0.717, 1.165) is 26.0 Å². The van der Waals surface area contributed by atoms with Crippen molar-refractivity contribution in [3.8, 4) is 0 Å². The monoisotopic (exact) mass is 392 g/mol. The van der Waals surface area contributed by atoms with Gasteiger partial charge in [-0.15, -0.1) is 12.4 Å². The third kappa shape index (κ3) is 4.03. The zero-order valence-corrected chi connectivity index (χ0v) is 16.9. The molecule has 0 aromatic carbocycles. The summed E-state index contributed by atoms with van der Waals surface area (Å²) in [5, 5.41) is 4.28. The number of sulfonamides is 1. The summed E-state index contributed by atoms with van der Waals surface area (Å²) in [6.45, 7) is 9.75. The number of hydrogen-bond acceptors (Lipinski definition) is 5. The molecular formula is C16H29ClN4O3S. The quantitative estimate of drug-likeness (QED) is 0.759. The Bertz CT molecular complexity index is 677. The molecule has 3 rings (SSSR count). The number of morpholine rings is 1. The zero-order valence-electron chi connectivity index (χ0n) is 15.2. The highest BCUT2D eigenvalue weighted by Crippen LogP contribution is 2.26. The van der Waals surface area contributed by atoms with Crippen molar-refractivity contribution in [1.82, 2.24) is 19.0 Å². The Balaban J connectivity index is 0.00000225. The molecule has 7 nitrogen and oxygen atoms in total. The van der Waals surface area contributed by atoms with Crippen molar-refractivity contribution < 1.29 is 13.2 Å². The number of aromatic nitrogens is 2. The zero-order chi connectivity index (χ0) is 17.3. The Kier molecular flexibility index (Phi) is 6.89. The van der Waals surface area contributed by atoms with E-state index in [0.29, 0.717) is 42.9 Å². The fourth-order valence-corrected chi connectivity index (χ4v) is 5.40. The van der Waals surface area contributed by atoms with Gasteiger partial charge in [0, 0.05) is 44.5 Å². The van der Waals surface area contributed by atoms with Gasteiger partial charge in [0.2, 0.25) is 10.0 Å². The minimum atomic E-state index is -3.49. The van der Waals surface area contributed by atoms with E-state index in [1.807, 2.05) is 6.92 Å². The number of nitrogens with zero attached hydrogens (tertiary/aromatic N) is 4. The molecule has 0 N–H and O–H groups in total. The summed E-state index contributed by atoms with van der Waals surface area (Å²) < 4.78 is 35.1. The van der Waals surface area contributed by atoms with Crippen LogP contribution in [0.25, 0.3) is 0 Å². The summed E-state index contributed by atoms with van der Waals surface area (Å²) in [4.78, 5) is 2.78. The highest BCUT2D eigenvalue weighted by molar-refractivity contribution is 7.89. The van der Waals surface area contributed by atoms with E-state index in [2.05, 4.69) is 16.9 Å². The van der Waals surface area contributed by atoms with Crippen molar-refractivity contribution >= 4 is 22.4 Å². The molecule has 1 aromatic heterocycles. The molecule has 2 saturated heterocycles. The number of hydrogen-bond donors (Lipinski definition) is 0. The summed E-state index contributed by atoms with van der Waals surface area (Å²) >= 11 is 0. The summed E-state index contributed by atoms with van der Waals surface area (Å²) in [5.41, 5.74) is 0.572. The summed E-state index contributed by atoms with van der Waals surface area (Å²) in [5.74, 6) is 0. The average Bonchev–Trinajstić information content (AvgIpc) is 2.97. The van der Waals surface area contributed by atoms with Gasteiger partial charge in [-0.25, -0.2) is 8.42 Å². The fraction of sp³-hybridized carbons (Fsp3) is 0.812. The molecule has 2 aliphatic rings. The first-order valence-corrected chi connectivity index (χ1v) is 10.3. The van der Waals surface area contributed by atoms with Crippen molar-refractivity contribution in [3.05, 3.63) is 11.9 Å². The largest absolute Gasteiger partial charge is 0.378 e. The first-order valence-electron chi connectivity index (χ1n) is 8.85. The lowest BCUT2D eigenvalue weighted by atomic mass is 10.0. The molecule has 0 unspecified atom stereocenters. The summed E-state index contributed by atoms with van der Waals surface area (Å²) in [6, 6.07) is 0.573. The maximum Gasteiger partial charge on any atom is 0.246 e. The lowest BCUT2D eigenvalue weighted by Gasteiger charge is -2.47. The van der Waals surface area contributed by atoms with E-state index in [1.165, 1.54) is 0 Å². The predicted molar refractivity (Wildman–Crippen MR) is 98.7 cm³/mol. The molecule has 2 atom stereocenters. The minimum absolute atomic E-state index is 0. The van der Waals surface area contributed by atoms with Crippen LogP contribution in [0.4, 0.5) is 0 Å². The van der Waals surface area contributed by atoms with Crippen LogP contribution >= 0.6 is 12.4 Å². The molecular weight excluding hydrogens is 364 g/mol. The standard InChI is InChI=1S/C16H28N4O3S.ClH/c1-4-6-14-11-23-12-15-9-19(7-8-20(14)15)24(21,22)16-10-18(5-2)17-13(16)3;/h10,14-15H,4-9,11-12H2,1-3H3;1H/t14-,15+;/m0./s1. The third-order valence-corrected chi connectivity index (χ3v) is 7.01. The Morgan fingerprint density at radius 3 is 2.68 bits per heavy atom. The van der Waals surface area contributed by atoms with Gasteiger partial charge in [-0.1, -0.05) is 13.3 Å². The Morgan fingerprint density at radius 1 is 1.28 bits per heavy atom. The molecule has 3 heterocycles. The van der Waals surface area contributed by atoms with Crippen LogP contribution in [0.5, 0.6) is 0 Å². The SMILES string of the molecule is CCC[C@H]1COC[C@H]2CN(S(=O)(=O)c3cn(CC)nc3C)CCN12.Cl. The summed E-state index contributed by atoms with van der Waals surface area (Å²) in [7, 11) is -3.49. The smallest absolute Gasteiger partial charge is 0.246 e. The summed E-state index contributed by atoms with van der Waals surface area (Å²) in [6.07, 6.45) is 3.87. The molecule has 2 fully saturated rings. The molecule has 0 spiro atoms. The number of rotatable bonds is 5. The van der Waals surface area contributed by atoms with Crippen LogP contribution in [0.3, 0.4) is 0 Å². The second kappa shape index (κ2) is 8.35. The molecule has 0 aliphatic carbocycles. The van der Waals surface area contributed by atoms with E-state index in [1.54, 1.807) is 22.1 Å². The molecule has 25 heavy (non-hydrogen) atoms. The molecule has 0 radical (unpaired) electrons. The minimum Gasteiger partial charge on any atom is -0.378 e. The fourth-order valence-electron chi connectivity index (χ4n) is 3.76. The van der Waals surface area contributed by atoms with Gasteiger partial charge in [-0.05, 0) is 20.3 Å². The van der Waals surface area contributed by atoms with Gasteiger partial charge in [-0.2, -0.15) is 9.40 Å². The van der Waals surface area contributed by atoms with Crippen molar-refractivity contribution in [2.24, 2.45) is 0 Å². The molecule has 0 amide bonds. The average molecular weight is 393 g/mol. The van der Waals surface area contributed by atoms with Crippen molar-refractivity contribution in [1.29, 1.82) is 0 Å². The topological polar surface area (TPSA) is 67.7 Å². The van der Waals surface area contributed by atoms with Gasteiger partial charge in [0.05, 0.1) is 18.9 Å². The maximum absolute atomic E-state index is 13.0. The second-order valence-corrected chi connectivity index (χ2v) is 8.58. The predicted octanol–water partition coefficient (Wildman–Crippen LogP) is 1.51. The molecule has 9 heteroatoms. The van der Waals surface area contributed by atoms with Crippen LogP contribution < -0.4 is 0 Å². The van der Waals surface area contributed by atoms with Crippen LogP contribution in [0, 0.1) is 6.92 Å². The van der Waals surface area contributed by atoms with E-state index in [-0.39, 0.29) is 18.4 Å². The van der Waals surface area contributed by atoms with Gasteiger partial charge in [-0.3, -0.25) is 9.58 Å². The van der Waals surface area contributed by atoms with Crippen LogP contribution in [0.1, 0.15) is 32.4 Å². The van der Waals surface area contributed by atoms with Crippen LogP contribution in [-0.4, -0.2) is 72.3 Å². The Labute approximate surface area is 156 Å². The van der Waals surface area contributed by atoms with Gasteiger partial charge in [0.25, 0.3) is 0 Å². The van der Waals surface area contributed by atoms with Gasteiger partial charge < -0.3 is 4.74 Å². The van der Waals surface area contributed by atoms with Gasteiger partial charge in [0.15, 0.2) is 0 Å². The maximum atomic E-state index is 13.0. The third-order valence-electron chi connectivity index (χ3n) is 5.05. The first-order chi connectivity index (χ1) is 11.5. The van der Waals surface area contributed by atoms with Crippen molar-refractivity contribution in [3.63, 3.8) is 0 Å². The normalized spacial score (nSPS) is 25.4. The highest BCUT2D eigenvalue weighted by Gasteiger charge is 2.40. The first kappa shape index (κ1) is 20.6.